The summed E-state index contributed by atoms with van der Waals surface area (Å²) in [6, 6.07) is 15.5. The van der Waals surface area contributed by atoms with Crippen molar-refractivity contribution in [3.63, 3.8) is 0 Å². The minimum Gasteiger partial charge on any atom is -0.491 e. The number of benzene rings is 2. The number of nitrogens with one attached hydrogen (secondary N) is 4. The third-order valence-electron chi connectivity index (χ3n) is 6.76. The Morgan fingerprint density at radius 2 is 1.70 bits per heavy atom. The van der Waals surface area contributed by atoms with Crippen molar-refractivity contribution in [1.29, 1.82) is 5.26 Å². The molecule has 0 unspecified atom stereocenters. The molecule has 0 spiro atoms. The fourth-order valence-corrected chi connectivity index (χ4v) is 4.28. The van der Waals surface area contributed by atoms with Gasteiger partial charge in [0.2, 0.25) is 11.8 Å². The molecule has 12 heteroatoms. The molecule has 4 N–H and O–H groups in total. The number of nitriles is 1. The van der Waals surface area contributed by atoms with Gasteiger partial charge >= 0.3 is 0 Å². The molecule has 47 heavy (non-hydrogen) atoms. The molecule has 3 aromatic rings. The molecule has 2 atom stereocenters. The third kappa shape index (κ3) is 11.5. The Morgan fingerprint density at radius 1 is 1.00 bits per heavy atom. The SMILES string of the molecule is Cc1ccc(CNC(=O)[C@H](COc2cccc(C=C(C#N)C(=O)NC(C)(C)C)c2)NC(=O)[C@@H](NC(=O)c2cc(C)on2)C(C)C)cc1. The Balaban J connectivity index is 1.79. The third-order valence-corrected chi connectivity index (χ3v) is 6.76. The van der Waals surface area contributed by atoms with Crippen LogP contribution in [-0.2, 0) is 20.9 Å². The van der Waals surface area contributed by atoms with E-state index in [1.807, 2.05) is 58.0 Å². The summed E-state index contributed by atoms with van der Waals surface area (Å²) in [7, 11) is 0. The zero-order chi connectivity index (χ0) is 34.7. The molecular formula is C35H42N6O6. The maximum absolute atomic E-state index is 13.5. The minimum absolute atomic E-state index is 0.0287. The highest BCUT2D eigenvalue weighted by Gasteiger charge is 2.30. The van der Waals surface area contributed by atoms with E-state index in [9.17, 15) is 24.4 Å². The van der Waals surface area contributed by atoms with Crippen LogP contribution >= 0.6 is 0 Å². The summed E-state index contributed by atoms with van der Waals surface area (Å²) in [6.07, 6.45) is 1.44. The summed E-state index contributed by atoms with van der Waals surface area (Å²) >= 11 is 0. The lowest BCUT2D eigenvalue weighted by Crippen LogP contribution is -2.57. The Kier molecular flexibility index (Phi) is 12.4. The van der Waals surface area contributed by atoms with Crippen molar-refractivity contribution in [2.24, 2.45) is 5.92 Å². The van der Waals surface area contributed by atoms with E-state index in [2.05, 4.69) is 26.4 Å². The van der Waals surface area contributed by atoms with Crippen molar-refractivity contribution in [3.05, 3.63) is 88.3 Å². The van der Waals surface area contributed by atoms with Crippen LogP contribution in [0.3, 0.4) is 0 Å². The molecule has 0 aliphatic rings. The van der Waals surface area contributed by atoms with Crippen molar-refractivity contribution in [1.82, 2.24) is 26.4 Å². The summed E-state index contributed by atoms with van der Waals surface area (Å²) in [5.74, 6) is -1.74. The van der Waals surface area contributed by atoms with Crippen molar-refractivity contribution >= 4 is 29.7 Å². The van der Waals surface area contributed by atoms with E-state index in [1.165, 1.54) is 12.1 Å². The van der Waals surface area contributed by atoms with Crippen molar-refractivity contribution in [2.45, 2.75) is 72.6 Å². The van der Waals surface area contributed by atoms with Gasteiger partial charge in [0.05, 0.1) is 0 Å². The first kappa shape index (κ1) is 36.0. The predicted octanol–water partition coefficient (Wildman–Crippen LogP) is 3.75. The van der Waals surface area contributed by atoms with Gasteiger partial charge in [0, 0.05) is 18.2 Å². The largest absolute Gasteiger partial charge is 0.491 e. The minimum atomic E-state index is -1.15. The summed E-state index contributed by atoms with van der Waals surface area (Å²) in [5, 5.41) is 24.3. The molecule has 12 nitrogen and oxygen atoms in total. The van der Waals surface area contributed by atoms with E-state index in [4.69, 9.17) is 9.26 Å². The molecule has 4 amide bonds. The van der Waals surface area contributed by atoms with Gasteiger partial charge in [-0.1, -0.05) is 61.0 Å². The molecule has 1 heterocycles. The van der Waals surface area contributed by atoms with Gasteiger partial charge < -0.3 is 30.5 Å². The average molecular weight is 643 g/mol. The smallest absolute Gasteiger partial charge is 0.274 e. The van der Waals surface area contributed by atoms with Crippen LogP contribution in [0.25, 0.3) is 6.08 Å². The number of nitrogens with zero attached hydrogens (tertiary/aromatic N) is 2. The first-order valence-corrected chi connectivity index (χ1v) is 15.2. The van der Waals surface area contributed by atoms with Crippen LogP contribution in [-0.4, -0.2) is 53.0 Å². The van der Waals surface area contributed by atoms with E-state index in [0.717, 1.165) is 11.1 Å². The van der Waals surface area contributed by atoms with Crippen molar-refractivity contribution < 1.29 is 28.4 Å². The molecule has 0 saturated carbocycles. The Morgan fingerprint density at radius 3 is 2.30 bits per heavy atom. The number of rotatable bonds is 13. The van der Waals surface area contributed by atoms with E-state index in [0.29, 0.717) is 17.1 Å². The maximum Gasteiger partial charge on any atom is 0.274 e. The molecule has 1 aromatic heterocycles. The molecule has 2 aromatic carbocycles. The normalized spacial score (nSPS) is 12.8. The fourth-order valence-electron chi connectivity index (χ4n) is 4.28. The second-order valence-corrected chi connectivity index (χ2v) is 12.5. The van der Waals surface area contributed by atoms with Crippen LogP contribution in [0.2, 0.25) is 0 Å². The summed E-state index contributed by atoms with van der Waals surface area (Å²) in [4.78, 5) is 52.2. The highest BCUT2D eigenvalue weighted by Crippen LogP contribution is 2.17. The van der Waals surface area contributed by atoms with Gasteiger partial charge in [-0.2, -0.15) is 5.26 Å². The fraction of sp³-hybridized carbons (Fsp3) is 0.371. The molecule has 0 aliphatic heterocycles. The van der Waals surface area contributed by atoms with Crippen molar-refractivity contribution in [2.75, 3.05) is 6.61 Å². The standard InChI is InChI=1S/C35H42N6O6/c1-21(2)30(39-33(44)28-15-23(4)47-41-28)34(45)38-29(32(43)37-19-24-13-11-22(3)12-14-24)20-46-27-10-8-9-25(17-27)16-26(18-36)31(42)40-35(5,6)7/h8-17,21,29-30H,19-20H2,1-7H3,(H,37,43)(H,38,45)(H,39,44)(H,40,42)/t29-,30-/m0/s1. The molecule has 3 rings (SSSR count). The highest BCUT2D eigenvalue weighted by atomic mass is 16.5. The Hall–Kier alpha value is -5.44. The zero-order valence-corrected chi connectivity index (χ0v) is 27.8. The molecule has 0 fully saturated rings. The number of aromatic nitrogens is 1. The van der Waals surface area contributed by atoms with Gasteiger partial charge in [0.1, 0.15) is 41.8 Å². The second kappa shape index (κ2) is 16.2. The zero-order valence-electron chi connectivity index (χ0n) is 27.8. The van der Waals surface area contributed by atoms with Crippen LogP contribution in [0.4, 0.5) is 0 Å². The summed E-state index contributed by atoms with van der Waals surface area (Å²) in [6.45, 7) is 12.5. The van der Waals surface area contributed by atoms with E-state index in [1.54, 1.807) is 45.0 Å². The average Bonchev–Trinajstić information content (AvgIpc) is 3.45. The molecule has 248 valence electrons. The van der Waals surface area contributed by atoms with Gasteiger partial charge in [-0.05, 0) is 69.9 Å². The van der Waals surface area contributed by atoms with Crippen LogP contribution in [0.15, 0.2) is 64.7 Å². The van der Waals surface area contributed by atoms with E-state index in [-0.39, 0.29) is 30.3 Å². The number of carbonyl (C=O) groups is 4. The highest BCUT2D eigenvalue weighted by molar-refractivity contribution is 6.02. The van der Waals surface area contributed by atoms with Gasteiger partial charge in [-0.15, -0.1) is 0 Å². The monoisotopic (exact) mass is 642 g/mol. The first-order valence-electron chi connectivity index (χ1n) is 15.2. The number of amides is 4. The van der Waals surface area contributed by atoms with Gasteiger partial charge in [0.15, 0.2) is 5.69 Å². The Bertz CT molecular complexity index is 1650. The van der Waals surface area contributed by atoms with Crippen molar-refractivity contribution in [3.8, 4) is 11.8 Å². The summed E-state index contributed by atoms with van der Waals surface area (Å²) in [5.41, 5.74) is 1.90. The first-order chi connectivity index (χ1) is 22.1. The second-order valence-electron chi connectivity index (χ2n) is 12.5. The quantitative estimate of drug-likeness (QED) is 0.161. The maximum atomic E-state index is 13.5. The number of ether oxygens (including phenoxy) is 1. The van der Waals surface area contributed by atoms with E-state index < -0.39 is 41.3 Å². The molecular weight excluding hydrogens is 600 g/mol. The van der Waals surface area contributed by atoms with Crippen LogP contribution in [0.5, 0.6) is 5.75 Å². The Labute approximate surface area is 274 Å². The topological polar surface area (TPSA) is 175 Å². The van der Waals surface area contributed by atoms with Gasteiger partial charge in [0.25, 0.3) is 11.8 Å². The molecule has 0 saturated heterocycles. The lowest BCUT2D eigenvalue weighted by molar-refractivity contribution is -0.131. The lowest BCUT2D eigenvalue weighted by Gasteiger charge is -2.25. The van der Waals surface area contributed by atoms with Gasteiger partial charge in [-0.25, -0.2) is 0 Å². The van der Waals surface area contributed by atoms with Crippen LogP contribution < -0.4 is 26.0 Å². The van der Waals surface area contributed by atoms with Gasteiger partial charge in [-0.3, -0.25) is 19.2 Å². The molecule has 0 bridgehead atoms. The number of hydrogen-bond donors (Lipinski definition) is 4. The number of aryl methyl sites for hydroxylation is 2. The predicted molar refractivity (Wildman–Crippen MR) is 176 cm³/mol. The summed E-state index contributed by atoms with van der Waals surface area (Å²) < 4.78 is 10.9. The number of carbonyl (C=O) groups excluding carboxylic acids is 4. The number of hydrogen-bond acceptors (Lipinski definition) is 8. The lowest BCUT2D eigenvalue weighted by atomic mass is 10.0. The molecule has 0 radical (unpaired) electrons. The van der Waals surface area contributed by atoms with Crippen LogP contribution in [0, 0.1) is 31.1 Å². The molecule has 0 aliphatic carbocycles. The van der Waals surface area contributed by atoms with E-state index >= 15 is 0 Å². The van der Waals surface area contributed by atoms with Crippen LogP contribution in [0.1, 0.15) is 67.6 Å².